The fourth-order valence-electron chi connectivity index (χ4n) is 2.18. The molecule has 0 fully saturated rings. The summed E-state index contributed by atoms with van der Waals surface area (Å²) in [7, 11) is 0. The number of aromatic nitrogens is 2. The summed E-state index contributed by atoms with van der Waals surface area (Å²) in [5.74, 6) is -3.38. The number of carboxylic acid groups (broad SMARTS) is 1. The van der Waals surface area contributed by atoms with Crippen LogP contribution < -0.4 is 0 Å². The smallest absolute Gasteiger partial charge is 0.356 e. The number of carbonyl (C=O) groups is 1. The van der Waals surface area contributed by atoms with Crippen molar-refractivity contribution < 1.29 is 18.7 Å². The van der Waals surface area contributed by atoms with Gasteiger partial charge in [0.1, 0.15) is 0 Å². The zero-order valence-electron chi connectivity index (χ0n) is 11.5. The minimum atomic E-state index is -1.27. The van der Waals surface area contributed by atoms with Crippen LogP contribution in [0.25, 0.3) is 16.9 Å². The Hall–Kier alpha value is -2.73. The summed E-state index contributed by atoms with van der Waals surface area (Å²) in [6.07, 6.45) is 0. The van der Waals surface area contributed by atoms with Gasteiger partial charge in [-0.1, -0.05) is 23.7 Å². The Labute approximate surface area is 134 Å². The van der Waals surface area contributed by atoms with Crippen LogP contribution in [0.4, 0.5) is 8.78 Å². The van der Waals surface area contributed by atoms with E-state index in [2.05, 4.69) is 5.10 Å². The first-order valence-corrected chi connectivity index (χ1v) is 6.89. The summed E-state index contributed by atoms with van der Waals surface area (Å²) in [6, 6.07) is 11.3. The van der Waals surface area contributed by atoms with Crippen molar-refractivity contribution >= 4 is 17.6 Å². The van der Waals surface area contributed by atoms with E-state index in [9.17, 15) is 13.6 Å². The maximum atomic E-state index is 14.1. The lowest BCUT2D eigenvalue weighted by Crippen LogP contribution is -2.03. The van der Waals surface area contributed by atoms with Crippen LogP contribution in [-0.2, 0) is 0 Å². The molecule has 23 heavy (non-hydrogen) atoms. The lowest BCUT2D eigenvalue weighted by atomic mass is 10.1. The molecular formula is C16H9ClF2N2O2. The SMILES string of the molecule is O=C(O)c1cc(-c2cccc(F)c2F)n(-c2cccc(Cl)c2)n1. The van der Waals surface area contributed by atoms with E-state index in [4.69, 9.17) is 16.7 Å². The number of halogens is 3. The molecular weight excluding hydrogens is 326 g/mol. The van der Waals surface area contributed by atoms with Gasteiger partial charge in [-0.25, -0.2) is 18.3 Å². The molecule has 3 aromatic rings. The van der Waals surface area contributed by atoms with Crippen LogP contribution in [0.3, 0.4) is 0 Å². The Morgan fingerprint density at radius 3 is 2.57 bits per heavy atom. The van der Waals surface area contributed by atoms with Gasteiger partial charge in [-0.15, -0.1) is 0 Å². The van der Waals surface area contributed by atoms with E-state index < -0.39 is 17.6 Å². The van der Waals surface area contributed by atoms with E-state index in [0.29, 0.717) is 10.7 Å². The van der Waals surface area contributed by atoms with Gasteiger partial charge in [0, 0.05) is 10.6 Å². The number of benzene rings is 2. The van der Waals surface area contributed by atoms with Crippen molar-refractivity contribution in [3.63, 3.8) is 0 Å². The second-order valence-electron chi connectivity index (χ2n) is 4.71. The molecule has 1 N–H and O–H groups in total. The Balaban J connectivity index is 2.27. The molecule has 116 valence electrons. The second kappa shape index (κ2) is 5.81. The molecule has 3 rings (SSSR count). The van der Waals surface area contributed by atoms with Crippen molar-refractivity contribution in [3.05, 3.63) is 70.9 Å². The van der Waals surface area contributed by atoms with Crippen LogP contribution >= 0.6 is 11.6 Å². The van der Waals surface area contributed by atoms with Gasteiger partial charge in [0.15, 0.2) is 17.3 Å². The Morgan fingerprint density at radius 2 is 1.87 bits per heavy atom. The van der Waals surface area contributed by atoms with Crippen molar-refractivity contribution in [2.45, 2.75) is 0 Å². The molecule has 0 aliphatic carbocycles. The summed E-state index contributed by atoms with van der Waals surface area (Å²) in [5.41, 5.74) is 0.166. The zero-order valence-corrected chi connectivity index (χ0v) is 12.3. The highest BCUT2D eigenvalue weighted by Gasteiger charge is 2.19. The molecule has 1 aromatic heterocycles. The second-order valence-corrected chi connectivity index (χ2v) is 5.15. The first-order valence-electron chi connectivity index (χ1n) is 6.51. The van der Waals surface area contributed by atoms with Crippen molar-refractivity contribution in [2.24, 2.45) is 0 Å². The average Bonchev–Trinajstić information content (AvgIpc) is 2.95. The third-order valence-electron chi connectivity index (χ3n) is 3.21. The first kappa shape index (κ1) is 15.2. The van der Waals surface area contributed by atoms with Crippen molar-refractivity contribution in [1.82, 2.24) is 9.78 Å². The fraction of sp³-hybridized carbons (Fsp3) is 0. The number of hydrogen-bond donors (Lipinski definition) is 1. The number of aromatic carboxylic acids is 1. The summed E-state index contributed by atoms with van der Waals surface area (Å²) < 4.78 is 28.8. The molecule has 2 aromatic carbocycles. The van der Waals surface area contributed by atoms with Crippen LogP contribution in [-0.4, -0.2) is 20.9 Å². The Bertz CT molecular complexity index is 909. The van der Waals surface area contributed by atoms with Crippen LogP contribution in [0, 0.1) is 11.6 Å². The molecule has 0 aliphatic heterocycles. The number of carboxylic acids is 1. The van der Waals surface area contributed by atoms with E-state index in [0.717, 1.165) is 6.07 Å². The van der Waals surface area contributed by atoms with Crippen molar-refractivity contribution in [1.29, 1.82) is 0 Å². The van der Waals surface area contributed by atoms with Gasteiger partial charge in [0.25, 0.3) is 0 Å². The van der Waals surface area contributed by atoms with Gasteiger partial charge in [0.05, 0.1) is 11.4 Å². The lowest BCUT2D eigenvalue weighted by Gasteiger charge is -2.09. The quantitative estimate of drug-likeness (QED) is 0.782. The average molecular weight is 335 g/mol. The van der Waals surface area contributed by atoms with Crippen molar-refractivity contribution in [3.8, 4) is 16.9 Å². The van der Waals surface area contributed by atoms with Gasteiger partial charge < -0.3 is 5.11 Å². The van der Waals surface area contributed by atoms with Crippen LogP contribution in [0.2, 0.25) is 5.02 Å². The third kappa shape index (κ3) is 2.80. The molecule has 0 atom stereocenters. The van der Waals surface area contributed by atoms with Gasteiger partial charge in [0.2, 0.25) is 0 Å². The molecule has 7 heteroatoms. The number of rotatable bonds is 3. The number of nitrogens with zero attached hydrogens (tertiary/aromatic N) is 2. The monoisotopic (exact) mass is 334 g/mol. The van der Waals surface area contributed by atoms with Gasteiger partial charge in [-0.3, -0.25) is 0 Å². The molecule has 0 amide bonds. The molecule has 0 unspecified atom stereocenters. The van der Waals surface area contributed by atoms with Crippen molar-refractivity contribution in [2.75, 3.05) is 0 Å². The van der Waals surface area contributed by atoms with Crippen LogP contribution in [0.1, 0.15) is 10.5 Å². The largest absolute Gasteiger partial charge is 0.476 e. The fourth-order valence-corrected chi connectivity index (χ4v) is 2.37. The zero-order chi connectivity index (χ0) is 16.6. The minimum Gasteiger partial charge on any atom is -0.476 e. The Kier molecular flexibility index (Phi) is 3.83. The van der Waals surface area contributed by atoms with Crippen LogP contribution in [0.15, 0.2) is 48.5 Å². The molecule has 0 spiro atoms. The van der Waals surface area contributed by atoms with Gasteiger partial charge >= 0.3 is 5.97 Å². The normalized spacial score (nSPS) is 10.7. The van der Waals surface area contributed by atoms with Gasteiger partial charge in [-0.2, -0.15) is 5.10 Å². The Morgan fingerprint density at radius 1 is 1.13 bits per heavy atom. The van der Waals surface area contributed by atoms with Gasteiger partial charge in [-0.05, 0) is 36.4 Å². The summed E-state index contributed by atoms with van der Waals surface area (Å²) in [6.45, 7) is 0. The highest BCUT2D eigenvalue weighted by molar-refractivity contribution is 6.30. The van der Waals surface area contributed by atoms with E-state index in [1.165, 1.54) is 22.9 Å². The predicted molar refractivity (Wildman–Crippen MR) is 80.9 cm³/mol. The standard InChI is InChI=1S/C16H9ClF2N2O2/c17-9-3-1-4-10(7-9)21-14(8-13(20-21)16(22)23)11-5-2-6-12(18)15(11)19/h1-8H,(H,22,23). The summed E-state index contributed by atoms with van der Waals surface area (Å²) in [4.78, 5) is 11.2. The topological polar surface area (TPSA) is 55.1 Å². The minimum absolute atomic E-state index is 0.0926. The van der Waals surface area contributed by atoms with E-state index >= 15 is 0 Å². The maximum absolute atomic E-state index is 14.1. The van der Waals surface area contributed by atoms with Crippen LogP contribution in [0.5, 0.6) is 0 Å². The summed E-state index contributed by atoms with van der Waals surface area (Å²) in [5, 5.41) is 13.5. The van der Waals surface area contributed by atoms with E-state index in [1.54, 1.807) is 24.3 Å². The molecule has 0 bridgehead atoms. The van der Waals surface area contributed by atoms with E-state index in [1.807, 2.05) is 0 Å². The van der Waals surface area contributed by atoms with E-state index in [-0.39, 0.29) is 17.0 Å². The predicted octanol–water partition coefficient (Wildman–Crippen LogP) is 4.17. The molecule has 0 saturated carbocycles. The highest BCUT2D eigenvalue weighted by atomic mass is 35.5. The first-order chi connectivity index (χ1) is 11.0. The number of hydrogen-bond acceptors (Lipinski definition) is 2. The molecule has 4 nitrogen and oxygen atoms in total. The molecule has 1 heterocycles. The lowest BCUT2D eigenvalue weighted by molar-refractivity contribution is 0.0690. The summed E-state index contributed by atoms with van der Waals surface area (Å²) >= 11 is 5.93. The maximum Gasteiger partial charge on any atom is 0.356 e. The molecule has 0 saturated heterocycles. The third-order valence-corrected chi connectivity index (χ3v) is 3.44. The molecule has 0 aliphatic rings. The highest BCUT2D eigenvalue weighted by Crippen LogP contribution is 2.28. The molecule has 0 radical (unpaired) electrons.